The van der Waals surface area contributed by atoms with Gasteiger partial charge in [-0.3, -0.25) is 4.79 Å². The summed E-state index contributed by atoms with van der Waals surface area (Å²) in [5.41, 5.74) is 2.13. The third kappa shape index (κ3) is 2.36. The highest BCUT2D eigenvalue weighted by Crippen LogP contribution is 2.46. The van der Waals surface area contributed by atoms with Crippen LogP contribution in [0, 0.1) is 11.3 Å². The molecule has 0 heterocycles. The molecule has 1 aromatic carbocycles. The van der Waals surface area contributed by atoms with E-state index in [9.17, 15) is 9.90 Å². The van der Waals surface area contributed by atoms with E-state index in [4.69, 9.17) is 0 Å². The van der Waals surface area contributed by atoms with Gasteiger partial charge in [-0.15, -0.1) is 0 Å². The summed E-state index contributed by atoms with van der Waals surface area (Å²) in [5.74, 6) is -0.185. The van der Waals surface area contributed by atoms with Gasteiger partial charge in [0, 0.05) is 0 Å². The number of aryl methyl sites for hydroxylation is 1. The lowest BCUT2D eigenvalue weighted by molar-refractivity contribution is -0.154. The third-order valence-electron chi connectivity index (χ3n) is 5.53. The quantitative estimate of drug-likeness (QED) is 0.819. The van der Waals surface area contributed by atoms with Crippen molar-refractivity contribution >= 4 is 5.97 Å². The fourth-order valence-corrected chi connectivity index (χ4v) is 4.30. The van der Waals surface area contributed by atoms with E-state index in [-0.39, 0.29) is 0 Å². The maximum absolute atomic E-state index is 12.1. The molecule has 0 spiro atoms. The van der Waals surface area contributed by atoms with Crippen LogP contribution in [-0.4, -0.2) is 11.1 Å². The van der Waals surface area contributed by atoms with E-state index in [0.29, 0.717) is 5.92 Å². The molecule has 0 amide bonds. The standard InChI is InChI=1S/C18H24O2/c19-17(20)18(16-9-3-1-2-4-10-16)12-11-14-7-5-6-8-15(14)13-18/h5-8,16H,1-4,9-13H2,(H,19,20). The summed E-state index contributed by atoms with van der Waals surface area (Å²) in [6, 6.07) is 8.40. The second-order valence-electron chi connectivity index (χ2n) is 6.60. The predicted octanol–water partition coefficient (Wildman–Crippen LogP) is 4.22. The zero-order chi connectivity index (χ0) is 14.0. The largest absolute Gasteiger partial charge is 0.481 e. The first-order valence-electron chi connectivity index (χ1n) is 8.02. The van der Waals surface area contributed by atoms with Crippen molar-refractivity contribution in [1.82, 2.24) is 0 Å². The molecule has 0 aromatic heterocycles. The molecule has 0 radical (unpaired) electrons. The van der Waals surface area contributed by atoms with Gasteiger partial charge >= 0.3 is 5.97 Å². The van der Waals surface area contributed by atoms with Crippen molar-refractivity contribution in [3.8, 4) is 0 Å². The van der Waals surface area contributed by atoms with Gasteiger partial charge in [-0.1, -0.05) is 49.9 Å². The van der Waals surface area contributed by atoms with Gasteiger partial charge in [-0.25, -0.2) is 0 Å². The average molecular weight is 272 g/mol. The Morgan fingerprint density at radius 2 is 1.70 bits per heavy atom. The van der Waals surface area contributed by atoms with E-state index >= 15 is 0 Å². The molecule has 1 atom stereocenters. The Hall–Kier alpha value is -1.31. The van der Waals surface area contributed by atoms with E-state index in [0.717, 1.165) is 32.1 Å². The van der Waals surface area contributed by atoms with Gasteiger partial charge in [0.15, 0.2) is 0 Å². The van der Waals surface area contributed by atoms with Crippen LogP contribution in [0.4, 0.5) is 0 Å². The lowest BCUT2D eigenvalue weighted by Crippen LogP contribution is -2.43. The summed E-state index contributed by atoms with van der Waals surface area (Å²) in [7, 11) is 0. The zero-order valence-corrected chi connectivity index (χ0v) is 12.1. The number of benzene rings is 1. The predicted molar refractivity (Wildman–Crippen MR) is 79.7 cm³/mol. The van der Waals surface area contributed by atoms with Crippen molar-refractivity contribution < 1.29 is 9.90 Å². The number of rotatable bonds is 2. The second-order valence-corrected chi connectivity index (χ2v) is 6.60. The van der Waals surface area contributed by atoms with Crippen molar-refractivity contribution in [2.24, 2.45) is 11.3 Å². The summed E-state index contributed by atoms with van der Waals surface area (Å²) in [4.78, 5) is 12.1. The summed E-state index contributed by atoms with van der Waals surface area (Å²) < 4.78 is 0. The smallest absolute Gasteiger partial charge is 0.310 e. The van der Waals surface area contributed by atoms with Crippen LogP contribution in [0.2, 0.25) is 0 Å². The molecular formula is C18H24O2. The fourth-order valence-electron chi connectivity index (χ4n) is 4.30. The number of aliphatic carboxylic acids is 1. The monoisotopic (exact) mass is 272 g/mol. The Balaban J connectivity index is 1.91. The van der Waals surface area contributed by atoms with Crippen LogP contribution >= 0.6 is 0 Å². The molecule has 1 saturated carbocycles. The molecule has 20 heavy (non-hydrogen) atoms. The lowest BCUT2D eigenvalue weighted by Gasteiger charge is -2.40. The second kappa shape index (κ2) is 5.59. The Morgan fingerprint density at radius 1 is 1.05 bits per heavy atom. The summed E-state index contributed by atoms with van der Waals surface area (Å²) >= 11 is 0. The van der Waals surface area contributed by atoms with E-state index < -0.39 is 11.4 Å². The molecule has 2 heteroatoms. The molecule has 1 unspecified atom stereocenters. The van der Waals surface area contributed by atoms with Gasteiger partial charge < -0.3 is 5.11 Å². The zero-order valence-electron chi connectivity index (χ0n) is 12.1. The number of fused-ring (bicyclic) bond motifs is 1. The van der Waals surface area contributed by atoms with Crippen LogP contribution in [0.15, 0.2) is 24.3 Å². The first-order chi connectivity index (χ1) is 9.72. The summed E-state index contributed by atoms with van der Waals surface area (Å²) in [5, 5.41) is 9.96. The number of carboxylic acids is 1. The summed E-state index contributed by atoms with van der Waals surface area (Å²) in [6.45, 7) is 0. The van der Waals surface area contributed by atoms with Crippen LogP contribution in [0.1, 0.15) is 56.1 Å². The van der Waals surface area contributed by atoms with Gasteiger partial charge in [0.05, 0.1) is 5.41 Å². The molecule has 2 aliphatic rings. The highest BCUT2D eigenvalue weighted by atomic mass is 16.4. The van der Waals surface area contributed by atoms with Crippen molar-refractivity contribution in [2.75, 3.05) is 0 Å². The Kier molecular flexibility index (Phi) is 3.82. The van der Waals surface area contributed by atoms with Crippen LogP contribution in [0.25, 0.3) is 0 Å². The van der Waals surface area contributed by atoms with E-state index in [2.05, 4.69) is 18.2 Å². The SMILES string of the molecule is O=C(O)C1(C2CCCCCC2)CCc2ccccc2C1. The Bertz CT molecular complexity index is 486. The molecule has 2 nitrogen and oxygen atoms in total. The maximum atomic E-state index is 12.1. The number of carbonyl (C=O) groups is 1. The molecule has 0 bridgehead atoms. The topological polar surface area (TPSA) is 37.3 Å². The molecular weight excluding hydrogens is 248 g/mol. The molecule has 0 saturated heterocycles. The van der Waals surface area contributed by atoms with Crippen LogP contribution in [0.3, 0.4) is 0 Å². The minimum Gasteiger partial charge on any atom is -0.481 e. The first kappa shape index (κ1) is 13.7. The number of hydrogen-bond acceptors (Lipinski definition) is 1. The van der Waals surface area contributed by atoms with E-state index in [1.54, 1.807) is 0 Å². The normalized spacial score (nSPS) is 27.6. The Morgan fingerprint density at radius 3 is 2.35 bits per heavy atom. The maximum Gasteiger partial charge on any atom is 0.310 e. The van der Waals surface area contributed by atoms with Gasteiger partial charge in [-0.05, 0) is 49.1 Å². The van der Waals surface area contributed by atoms with Crippen LogP contribution in [-0.2, 0) is 17.6 Å². The van der Waals surface area contributed by atoms with Gasteiger partial charge in [0.2, 0.25) is 0 Å². The lowest BCUT2D eigenvalue weighted by atomic mass is 9.62. The molecule has 1 N–H and O–H groups in total. The molecule has 2 aliphatic carbocycles. The van der Waals surface area contributed by atoms with Gasteiger partial charge in [-0.2, -0.15) is 0 Å². The molecule has 1 fully saturated rings. The first-order valence-corrected chi connectivity index (χ1v) is 8.02. The fraction of sp³-hybridized carbons (Fsp3) is 0.611. The minimum absolute atomic E-state index is 0.371. The minimum atomic E-state index is -0.557. The molecule has 1 aromatic rings. The van der Waals surface area contributed by atoms with Gasteiger partial charge in [0.1, 0.15) is 0 Å². The highest BCUT2D eigenvalue weighted by Gasteiger charge is 2.47. The highest BCUT2D eigenvalue weighted by molar-refractivity contribution is 5.76. The molecule has 3 rings (SSSR count). The van der Waals surface area contributed by atoms with Gasteiger partial charge in [0.25, 0.3) is 0 Å². The van der Waals surface area contributed by atoms with Crippen LogP contribution < -0.4 is 0 Å². The molecule has 108 valence electrons. The van der Waals surface area contributed by atoms with E-state index in [1.165, 1.54) is 36.8 Å². The molecule has 0 aliphatic heterocycles. The van der Waals surface area contributed by atoms with Crippen LogP contribution in [0.5, 0.6) is 0 Å². The average Bonchev–Trinajstić information content (AvgIpc) is 2.76. The number of carboxylic acid groups (broad SMARTS) is 1. The van der Waals surface area contributed by atoms with Crippen molar-refractivity contribution in [3.05, 3.63) is 35.4 Å². The Labute approximate surface area is 121 Å². The van der Waals surface area contributed by atoms with E-state index in [1.807, 2.05) is 6.07 Å². The third-order valence-corrected chi connectivity index (χ3v) is 5.53. The van der Waals surface area contributed by atoms with Crippen molar-refractivity contribution in [3.63, 3.8) is 0 Å². The van der Waals surface area contributed by atoms with Crippen molar-refractivity contribution in [2.45, 2.75) is 57.8 Å². The number of hydrogen-bond donors (Lipinski definition) is 1. The summed E-state index contributed by atoms with van der Waals surface area (Å²) in [6.07, 6.45) is 9.68. The van der Waals surface area contributed by atoms with Crippen molar-refractivity contribution in [1.29, 1.82) is 0 Å².